The molecular formula is C25H28Cl2N4O4S. The second-order valence-electron chi connectivity index (χ2n) is 9.24. The summed E-state index contributed by atoms with van der Waals surface area (Å²) in [6, 6.07) is 14.5. The molecule has 0 N–H and O–H groups in total. The monoisotopic (exact) mass is 550 g/mol. The molecule has 36 heavy (non-hydrogen) atoms. The number of nitriles is 1. The number of halogens is 2. The first-order chi connectivity index (χ1) is 17.1. The Labute approximate surface area is 222 Å². The maximum Gasteiger partial charge on any atom is 0.320 e. The zero-order valence-corrected chi connectivity index (χ0v) is 22.4. The van der Waals surface area contributed by atoms with Gasteiger partial charge in [0.25, 0.3) is 0 Å². The van der Waals surface area contributed by atoms with Crippen LogP contribution < -0.4 is 4.74 Å². The van der Waals surface area contributed by atoms with Crippen molar-refractivity contribution in [3.05, 3.63) is 63.6 Å². The lowest BCUT2D eigenvalue weighted by Crippen LogP contribution is -2.53. The summed E-state index contributed by atoms with van der Waals surface area (Å²) in [7, 11) is -3.28. The van der Waals surface area contributed by atoms with E-state index in [9.17, 15) is 13.2 Å². The molecule has 0 unspecified atom stereocenters. The van der Waals surface area contributed by atoms with Crippen molar-refractivity contribution in [2.75, 3.05) is 45.5 Å². The summed E-state index contributed by atoms with van der Waals surface area (Å²) in [6.07, 6.45) is 0.949. The van der Waals surface area contributed by atoms with E-state index in [1.54, 1.807) is 35.2 Å². The number of rotatable bonds is 5. The number of sulfonamides is 1. The molecule has 2 fully saturated rings. The van der Waals surface area contributed by atoms with Gasteiger partial charge in [-0.25, -0.2) is 13.2 Å². The molecule has 2 saturated heterocycles. The van der Waals surface area contributed by atoms with Crippen LogP contribution in [0.3, 0.4) is 0 Å². The van der Waals surface area contributed by atoms with Gasteiger partial charge in [-0.1, -0.05) is 29.3 Å². The van der Waals surface area contributed by atoms with Crippen molar-refractivity contribution in [3.63, 3.8) is 0 Å². The third kappa shape index (κ3) is 5.89. The zero-order chi connectivity index (χ0) is 26.0. The number of nitrogens with zero attached hydrogens (tertiary/aromatic N) is 4. The standard InChI is InChI=1S/C25H28Cl2N4O4S/c1-17(35-20-6-3-18(14-28)4-7-20)21-15-30(16-22(21)19-5-8-23(26)24(27)13-19)25(32)29-9-11-31(12-10-29)36(2,33)34/h3-8,13,17,21-22H,9-12,15-16H2,1-2H3/t17-,21-,22+/m0/s1. The van der Waals surface area contributed by atoms with E-state index in [0.29, 0.717) is 47.5 Å². The van der Waals surface area contributed by atoms with Gasteiger partial charge in [-0.15, -0.1) is 0 Å². The summed E-state index contributed by atoms with van der Waals surface area (Å²) >= 11 is 12.5. The van der Waals surface area contributed by atoms with Crippen LogP contribution in [-0.2, 0) is 10.0 Å². The molecule has 0 radical (unpaired) electrons. The Morgan fingerprint density at radius 2 is 1.69 bits per heavy atom. The first-order valence-corrected chi connectivity index (χ1v) is 14.3. The number of hydrogen-bond donors (Lipinski definition) is 0. The Balaban J connectivity index is 1.52. The number of likely N-dealkylation sites (tertiary alicyclic amines) is 1. The lowest BCUT2D eigenvalue weighted by atomic mass is 9.85. The number of hydrogen-bond acceptors (Lipinski definition) is 5. The predicted octanol–water partition coefficient (Wildman–Crippen LogP) is 4.05. The molecule has 2 heterocycles. The molecule has 2 aromatic carbocycles. The SMILES string of the molecule is C[C@H](Oc1ccc(C#N)cc1)[C@@H]1CN(C(=O)N2CCN(S(C)(=O)=O)CC2)C[C@@H]1c1ccc(Cl)c(Cl)c1. The summed E-state index contributed by atoms with van der Waals surface area (Å²) < 4.78 is 31.3. The van der Waals surface area contributed by atoms with Crippen LogP contribution in [0.2, 0.25) is 10.0 Å². The van der Waals surface area contributed by atoms with Gasteiger partial charge in [-0.3, -0.25) is 0 Å². The second-order valence-corrected chi connectivity index (χ2v) is 12.0. The van der Waals surface area contributed by atoms with Gasteiger partial charge in [0.1, 0.15) is 11.9 Å². The first-order valence-electron chi connectivity index (χ1n) is 11.7. The third-order valence-electron chi connectivity index (χ3n) is 6.89. The Hall–Kier alpha value is -2.51. The maximum absolute atomic E-state index is 13.4. The number of carbonyl (C=O) groups is 1. The minimum absolute atomic E-state index is 0.0286. The van der Waals surface area contributed by atoms with Crippen LogP contribution in [0.15, 0.2) is 42.5 Å². The quantitative estimate of drug-likeness (QED) is 0.559. The molecule has 2 amide bonds. The van der Waals surface area contributed by atoms with Crippen molar-refractivity contribution in [2.45, 2.75) is 18.9 Å². The largest absolute Gasteiger partial charge is 0.490 e. The van der Waals surface area contributed by atoms with E-state index in [4.69, 9.17) is 33.2 Å². The van der Waals surface area contributed by atoms with Crippen molar-refractivity contribution < 1.29 is 17.9 Å². The molecule has 192 valence electrons. The van der Waals surface area contributed by atoms with Crippen LogP contribution in [-0.4, -0.2) is 80.2 Å². The average Bonchev–Trinajstić information content (AvgIpc) is 3.31. The predicted molar refractivity (Wildman–Crippen MR) is 139 cm³/mol. The minimum Gasteiger partial charge on any atom is -0.490 e. The van der Waals surface area contributed by atoms with Crippen LogP contribution in [0, 0.1) is 17.2 Å². The van der Waals surface area contributed by atoms with Crippen molar-refractivity contribution in [1.29, 1.82) is 5.26 Å². The van der Waals surface area contributed by atoms with Gasteiger partial charge >= 0.3 is 6.03 Å². The summed E-state index contributed by atoms with van der Waals surface area (Å²) in [6.45, 7) is 4.21. The molecule has 0 saturated carbocycles. The molecule has 2 aromatic rings. The number of urea groups is 1. The van der Waals surface area contributed by atoms with Crippen LogP contribution in [0.4, 0.5) is 4.79 Å². The van der Waals surface area contributed by atoms with E-state index in [-0.39, 0.29) is 37.1 Å². The van der Waals surface area contributed by atoms with E-state index < -0.39 is 10.0 Å². The highest BCUT2D eigenvalue weighted by atomic mass is 35.5. The lowest BCUT2D eigenvalue weighted by molar-refractivity contribution is 0.129. The van der Waals surface area contributed by atoms with Crippen LogP contribution >= 0.6 is 23.2 Å². The van der Waals surface area contributed by atoms with Gasteiger partial charge in [0, 0.05) is 51.1 Å². The Morgan fingerprint density at radius 1 is 1.03 bits per heavy atom. The molecule has 4 rings (SSSR count). The smallest absolute Gasteiger partial charge is 0.320 e. The van der Waals surface area contributed by atoms with E-state index in [1.165, 1.54) is 10.6 Å². The van der Waals surface area contributed by atoms with Gasteiger partial charge in [0.2, 0.25) is 10.0 Å². The lowest BCUT2D eigenvalue weighted by Gasteiger charge is -2.35. The highest BCUT2D eigenvalue weighted by molar-refractivity contribution is 7.88. The van der Waals surface area contributed by atoms with E-state index in [2.05, 4.69) is 6.07 Å². The van der Waals surface area contributed by atoms with Crippen LogP contribution in [0.25, 0.3) is 0 Å². The number of carbonyl (C=O) groups excluding carboxylic acids is 1. The third-order valence-corrected chi connectivity index (χ3v) is 8.94. The van der Waals surface area contributed by atoms with Gasteiger partial charge in [0.15, 0.2) is 0 Å². The highest BCUT2D eigenvalue weighted by Gasteiger charge is 2.42. The Kier molecular flexibility index (Phi) is 8.00. The minimum atomic E-state index is -3.28. The molecule has 8 nitrogen and oxygen atoms in total. The topological polar surface area (TPSA) is 93.9 Å². The van der Waals surface area contributed by atoms with Crippen molar-refractivity contribution >= 4 is 39.3 Å². The van der Waals surface area contributed by atoms with Gasteiger partial charge in [-0.05, 0) is 48.9 Å². The molecule has 2 aliphatic rings. The van der Waals surface area contributed by atoms with Crippen LogP contribution in [0.5, 0.6) is 5.75 Å². The van der Waals surface area contributed by atoms with Crippen molar-refractivity contribution in [1.82, 2.24) is 14.1 Å². The van der Waals surface area contributed by atoms with Gasteiger partial charge < -0.3 is 14.5 Å². The fourth-order valence-electron chi connectivity index (χ4n) is 4.88. The summed E-state index contributed by atoms with van der Waals surface area (Å²) in [5.41, 5.74) is 1.53. The van der Waals surface area contributed by atoms with Crippen molar-refractivity contribution in [2.24, 2.45) is 5.92 Å². The number of amides is 2. The van der Waals surface area contributed by atoms with Gasteiger partial charge in [0.05, 0.1) is 27.9 Å². The molecule has 3 atom stereocenters. The Bertz CT molecular complexity index is 1260. The summed E-state index contributed by atoms with van der Waals surface area (Å²) in [4.78, 5) is 16.9. The number of benzene rings is 2. The fourth-order valence-corrected chi connectivity index (χ4v) is 6.01. The normalized spacial score (nSPS) is 21.8. The van der Waals surface area contributed by atoms with E-state index >= 15 is 0 Å². The molecule has 11 heteroatoms. The summed E-state index contributed by atoms with van der Waals surface area (Å²) in [5.74, 6) is 0.588. The molecular weight excluding hydrogens is 523 g/mol. The number of piperazine rings is 1. The second kappa shape index (κ2) is 10.9. The molecule has 2 aliphatic heterocycles. The van der Waals surface area contributed by atoms with E-state index in [1.807, 2.05) is 24.0 Å². The molecule has 0 aromatic heterocycles. The maximum atomic E-state index is 13.4. The van der Waals surface area contributed by atoms with E-state index in [0.717, 1.165) is 5.56 Å². The fraction of sp³-hybridized carbons (Fsp3) is 0.440. The van der Waals surface area contributed by atoms with Gasteiger partial charge in [-0.2, -0.15) is 9.57 Å². The van der Waals surface area contributed by atoms with Crippen LogP contribution in [0.1, 0.15) is 24.0 Å². The zero-order valence-electron chi connectivity index (χ0n) is 20.1. The molecule has 0 bridgehead atoms. The van der Waals surface area contributed by atoms with Crippen molar-refractivity contribution in [3.8, 4) is 11.8 Å². The molecule has 0 spiro atoms. The molecule has 0 aliphatic carbocycles. The number of ether oxygens (including phenoxy) is 1. The Morgan fingerprint density at radius 3 is 2.28 bits per heavy atom. The average molecular weight is 551 g/mol. The first kappa shape index (κ1) is 26.6. The summed E-state index contributed by atoms with van der Waals surface area (Å²) in [5, 5.41) is 9.96. The highest BCUT2D eigenvalue weighted by Crippen LogP contribution is 2.39.